The summed E-state index contributed by atoms with van der Waals surface area (Å²) >= 11 is -2.77. The van der Waals surface area contributed by atoms with E-state index < -0.39 is 30.3 Å². The molecule has 2 heterocycles. The molecule has 2 N–H and O–H groups in total. The van der Waals surface area contributed by atoms with Crippen LogP contribution < -0.4 is 11.2 Å². The maximum absolute atomic E-state index is 12.4. The first-order valence-corrected chi connectivity index (χ1v) is 18.7. The second kappa shape index (κ2) is 11.5. The number of aliphatic hydroxyl groups excluding tert-OH is 1. The van der Waals surface area contributed by atoms with Crippen molar-refractivity contribution in [2.45, 2.75) is 91.9 Å². The molecular weight excluding hydrogens is 475 g/mol. The van der Waals surface area contributed by atoms with Crippen molar-refractivity contribution in [3.05, 3.63) is 42.3 Å². The molecule has 0 spiro atoms. The zero-order chi connectivity index (χ0) is 21.4. The summed E-state index contributed by atoms with van der Waals surface area (Å²) in [6.07, 6.45) is 10.0. The van der Waals surface area contributed by atoms with E-state index in [2.05, 4.69) is 31.8 Å². The SMILES string of the molecule is CCC[CH2][Sn]([CH2]CCC)([CH2]CCC)[C]1=C[C@H](n2cc(C)c(=O)[nH]c2=O)O[C@@H]1CO. The Kier molecular flexibility index (Phi) is 9.69. The molecule has 2 atom stereocenters. The summed E-state index contributed by atoms with van der Waals surface area (Å²) in [6, 6.07) is 0. The van der Waals surface area contributed by atoms with E-state index in [1.54, 1.807) is 13.1 Å². The first-order chi connectivity index (χ1) is 13.9. The van der Waals surface area contributed by atoms with Crippen LogP contribution in [0.2, 0.25) is 13.3 Å². The van der Waals surface area contributed by atoms with E-state index in [-0.39, 0.29) is 18.3 Å². The minimum atomic E-state index is -2.77. The van der Waals surface area contributed by atoms with Gasteiger partial charge in [-0.1, -0.05) is 0 Å². The molecule has 6 nitrogen and oxygen atoms in total. The Morgan fingerprint density at radius 2 is 1.62 bits per heavy atom. The van der Waals surface area contributed by atoms with Crippen LogP contribution in [0.5, 0.6) is 0 Å². The summed E-state index contributed by atoms with van der Waals surface area (Å²) in [5.41, 5.74) is -0.348. The van der Waals surface area contributed by atoms with Crippen molar-refractivity contribution in [3.8, 4) is 0 Å². The Hall–Kier alpha value is -0.861. The van der Waals surface area contributed by atoms with E-state index in [9.17, 15) is 14.7 Å². The predicted octanol–water partition coefficient (Wildman–Crippen LogP) is 4.05. The number of rotatable bonds is 12. The summed E-state index contributed by atoms with van der Waals surface area (Å²) in [6.45, 7) is 8.36. The van der Waals surface area contributed by atoms with Gasteiger partial charge in [-0.2, -0.15) is 0 Å². The van der Waals surface area contributed by atoms with Gasteiger partial charge >= 0.3 is 179 Å². The Bertz CT molecular complexity index is 777. The number of aromatic nitrogens is 2. The number of hydrogen-bond acceptors (Lipinski definition) is 4. The molecular formula is C22H38N2O4Sn. The van der Waals surface area contributed by atoms with Crippen molar-refractivity contribution >= 4 is 18.4 Å². The molecule has 0 saturated carbocycles. The van der Waals surface area contributed by atoms with E-state index in [0.717, 1.165) is 0 Å². The van der Waals surface area contributed by atoms with E-state index in [1.165, 1.54) is 60.0 Å². The molecule has 0 radical (unpaired) electrons. The van der Waals surface area contributed by atoms with Crippen LogP contribution in [0.4, 0.5) is 0 Å². The van der Waals surface area contributed by atoms with Gasteiger partial charge < -0.3 is 0 Å². The average Bonchev–Trinajstić information content (AvgIpc) is 3.15. The number of nitrogens with zero attached hydrogens (tertiary/aromatic N) is 1. The van der Waals surface area contributed by atoms with Crippen LogP contribution in [0.15, 0.2) is 25.5 Å². The molecule has 0 unspecified atom stereocenters. The summed E-state index contributed by atoms with van der Waals surface area (Å²) < 4.78 is 12.8. The van der Waals surface area contributed by atoms with Crippen molar-refractivity contribution in [2.24, 2.45) is 0 Å². The van der Waals surface area contributed by atoms with Crippen molar-refractivity contribution in [2.75, 3.05) is 6.61 Å². The summed E-state index contributed by atoms with van der Waals surface area (Å²) in [5.74, 6) is 0. The average molecular weight is 513 g/mol. The number of nitrogens with one attached hydrogen (secondary N) is 1. The molecule has 0 amide bonds. The number of unbranched alkanes of at least 4 members (excludes halogenated alkanes) is 3. The van der Waals surface area contributed by atoms with Gasteiger partial charge in [0.1, 0.15) is 0 Å². The van der Waals surface area contributed by atoms with E-state index in [1.807, 2.05) is 0 Å². The first-order valence-electron chi connectivity index (χ1n) is 11.2. The molecule has 164 valence electrons. The van der Waals surface area contributed by atoms with Crippen LogP contribution in [-0.4, -0.2) is 45.7 Å². The van der Waals surface area contributed by atoms with Gasteiger partial charge in [0, 0.05) is 0 Å². The normalized spacial score (nSPS) is 19.6. The van der Waals surface area contributed by atoms with Gasteiger partial charge in [-0.15, -0.1) is 0 Å². The van der Waals surface area contributed by atoms with Crippen LogP contribution in [0.3, 0.4) is 0 Å². The van der Waals surface area contributed by atoms with Gasteiger partial charge in [-0.3, -0.25) is 0 Å². The van der Waals surface area contributed by atoms with Crippen molar-refractivity contribution in [1.29, 1.82) is 0 Å². The molecule has 0 aliphatic carbocycles. The Morgan fingerprint density at radius 1 is 1.07 bits per heavy atom. The van der Waals surface area contributed by atoms with Gasteiger partial charge in [-0.05, 0) is 0 Å². The second-order valence-electron chi connectivity index (χ2n) is 8.39. The molecule has 2 rings (SSSR count). The quantitative estimate of drug-likeness (QED) is 0.414. The van der Waals surface area contributed by atoms with Crippen molar-refractivity contribution in [1.82, 2.24) is 9.55 Å². The standard InChI is InChI=1S/C10H11N2O4.3C4H9.Sn/c1-6-4-12(10(15)11-9(6)14)8-3-2-7(5-13)16-8;3*1-3-4-2;/h3-4,7-8,13H,5H2,1H3,(H,11,14,15);3*1,3-4H2,2H3;/t7-,8+;;;;/m0..../s1. The number of H-pyrrole nitrogens is 1. The Morgan fingerprint density at radius 3 is 2.10 bits per heavy atom. The number of aryl methyl sites for hydroxylation is 1. The molecule has 0 saturated heterocycles. The van der Waals surface area contributed by atoms with E-state index in [0.29, 0.717) is 5.56 Å². The Balaban J connectivity index is 2.50. The molecule has 7 heteroatoms. The number of hydrogen-bond donors (Lipinski definition) is 2. The van der Waals surface area contributed by atoms with Gasteiger partial charge in [0.05, 0.1) is 0 Å². The van der Waals surface area contributed by atoms with Crippen LogP contribution in [0, 0.1) is 6.92 Å². The second-order valence-corrected chi connectivity index (χ2v) is 21.6. The molecule has 29 heavy (non-hydrogen) atoms. The summed E-state index contributed by atoms with van der Waals surface area (Å²) in [4.78, 5) is 26.5. The predicted molar refractivity (Wildman–Crippen MR) is 120 cm³/mol. The van der Waals surface area contributed by atoms with Crippen LogP contribution in [0.1, 0.15) is 71.1 Å². The summed E-state index contributed by atoms with van der Waals surface area (Å²) in [5, 5.41) is 10.1. The van der Waals surface area contributed by atoms with E-state index >= 15 is 0 Å². The van der Waals surface area contributed by atoms with E-state index in [4.69, 9.17) is 4.74 Å². The van der Waals surface area contributed by atoms with Crippen molar-refractivity contribution < 1.29 is 9.84 Å². The number of aromatic amines is 1. The molecule has 1 aromatic heterocycles. The van der Waals surface area contributed by atoms with Gasteiger partial charge in [0.2, 0.25) is 0 Å². The van der Waals surface area contributed by atoms with Gasteiger partial charge in [-0.25, -0.2) is 0 Å². The fraction of sp³-hybridized carbons (Fsp3) is 0.727. The molecule has 1 aromatic rings. The zero-order valence-electron chi connectivity index (χ0n) is 18.5. The molecule has 1 aliphatic rings. The fourth-order valence-corrected chi connectivity index (χ4v) is 21.7. The van der Waals surface area contributed by atoms with Crippen LogP contribution in [0.25, 0.3) is 0 Å². The van der Waals surface area contributed by atoms with Crippen molar-refractivity contribution in [3.63, 3.8) is 0 Å². The maximum atomic E-state index is 12.4. The monoisotopic (exact) mass is 514 g/mol. The van der Waals surface area contributed by atoms with Crippen LogP contribution >= 0.6 is 0 Å². The summed E-state index contributed by atoms with van der Waals surface area (Å²) in [7, 11) is 0. The molecule has 0 fully saturated rings. The molecule has 1 aliphatic heterocycles. The fourth-order valence-electron chi connectivity index (χ4n) is 4.48. The topological polar surface area (TPSA) is 84.3 Å². The van der Waals surface area contributed by atoms with Gasteiger partial charge in [0.15, 0.2) is 0 Å². The molecule has 0 bridgehead atoms. The minimum absolute atomic E-state index is 0.0531. The van der Waals surface area contributed by atoms with Crippen LogP contribution in [-0.2, 0) is 4.74 Å². The number of ether oxygens (including phenoxy) is 1. The first kappa shape index (κ1) is 24.4. The van der Waals surface area contributed by atoms with Gasteiger partial charge in [0.25, 0.3) is 0 Å². The third-order valence-electron chi connectivity index (χ3n) is 6.20. The molecule has 0 aromatic carbocycles. The Labute approximate surface area is 178 Å². The third kappa shape index (κ3) is 5.85. The number of aliphatic hydroxyl groups is 1. The zero-order valence-corrected chi connectivity index (χ0v) is 21.4. The third-order valence-corrected chi connectivity index (χ3v) is 22.3.